The van der Waals surface area contributed by atoms with Gasteiger partial charge in [0.25, 0.3) is 0 Å². The molecule has 0 aliphatic heterocycles. The van der Waals surface area contributed by atoms with Gasteiger partial charge in [0, 0.05) is 0 Å². The lowest BCUT2D eigenvalue weighted by Crippen LogP contribution is -1.98. The van der Waals surface area contributed by atoms with Crippen molar-refractivity contribution in [2.75, 3.05) is 0 Å². The van der Waals surface area contributed by atoms with Gasteiger partial charge in [0.2, 0.25) is 0 Å². The standard InChI is InChI=1S/C9H14/c1-7-2-3-8-4-5-9(7)6-8/h8H,2-6H2,1H3. The van der Waals surface area contributed by atoms with Crippen LogP contribution in [0.4, 0.5) is 0 Å². The number of fused-ring (bicyclic) bond motifs is 2. The molecule has 2 rings (SSSR count). The second kappa shape index (κ2) is 1.86. The van der Waals surface area contributed by atoms with Crippen LogP contribution in [0.3, 0.4) is 0 Å². The molecule has 1 saturated carbocycles. The van der Waals surface area contributed by atoms with Gasteiger partial charge in [-0.2, -0.15) is 0 Å². The molecule has 1 fully saturated rings. The first-order chi connectivity index (χ1) is 4.36. The van der Waals surface area contributed by atoms with Crippen LogP contribution in [-0.2, 0) is 0 Å². The fourth-order valence-electron chi connectivity index (χ4n) is 2.16. The molecule has 0 N–H and O–H groups in total. The monoisotopic (exact) mass is 122 g/mol. The van der Waals surface area contributed by atoms with Gasteiger partial charge in [0.1, 0.15) is 0 Å². The van der Waals surface area contributed by atoms with Crippen molar-refractivity contribution in [3.05, 3.63) is 11.1 Å². The first kappa shape index (κ1) is 5.52. The van der Waals surface area contributed by atoms with Gasteiger partial charge in [-0.15, -0.1) is 0 Å². The van der Waals surface area contributed by atoms with E-state index in [1.807, 2.05) is 0 Å². The maximum atomic E-state index is 2.32. The van der Waals surface area contributed by atoms with E-state index in [1.54, 1.807) is 11.1 Å². The van der Waals surface area contributed by atoms with Crippen LogP contribution in [0.15, 0.2) is 11.1 Å². The Hall–Kier alpha value is -0.260. The van der Waals surface area contributed by atoms with E-state index >= 15 is 0 Å². The first-order valence-electron chi connectivity index (χ1n) is 4.04. The molecular weight excluding hydrogens is 108 g/mol. The number of hydrogen-bond donors (Lipinski definition) is 0. The predicted molar refractivity (Wildman–Crippen MR) is 39.3 cm³/mol. The third kappa shape index (κ3) is 0.810. The highest BCUT2D eigenvalue weighted by atomic mass is 14.3. The van der Waals surface area contributed by atoms with Gasteiger partial charge in [0.15, 0.2) is 0 Å². The molecule has 1 unspecified atom stereocenters. The normalized spacial score (nSPS) is 33.7. The average molecular weight is 122 g/mol. The van der Waals surface area contributed by atoms with Gasteiger partial charge in [-0.3, -0.25) is 0 Å². The van der Waals surface area contributed by atoms with Crippen molar-refractivity contribution >= 4 is 0 Å². The lowest BCUT2D eigenvalue weighted by molar-refractivity contribution is 0.497. The minimum atomic E-state index is 1.09. The van der Waals surface area contributed by atoms with Gasteiger partial charge in [-0.1, -0.05) is 11.1 Å². The smallest absolute Gasteiger partial charge is 0.0289 e. The van der Waals surface area contributed by atoms with Crippen LogP contribution in [0.1, 0.15) is 39.0 Å². The summed E-state index contributed by atoms with van der Waals surface area (Å²) in [5.41, 5.74) is 3.51. The maximum Gasteiger partial charge on any atom is -0.0289 e. The molecule has 2 bridgehead atoms. The summed E-state index contributed by atoms with van der Waals surface area (Å²) in [6.07, 6.45) is 7.25. The summed E-state index contributed by atoms with van der Waals surface area (Å²) in [6, 6.07) is 0. The topological polar surface area (TPSA) is 0 Å². The van der Waals surface area contributed by atoms with Crippen LogP contribution in [0.25, 0.3) is 0 Å². The van der Waals surface area contributed by atoms with Crippen molar-refractivity contribution in [3.63, 3.8) is 0 Å². The molecule has 0 heterocycles. The Morgan fingerprint density at radius 3 is 2.78 bits per heavy atom. The molecule has 50 valence electrons. The van der Waals surface area contributed by atoms with Crippen molar-refractivity contribution in [2.24, 2.45) is 5.92 Å². The van der Waals surface area contributed by atoms with Gasteiger partial charge >= 0.3 is 0 Å². The second-order valence-corrected chi connectivity index (χ2v) is 3.53. The van der Waals surface area contributed by atoms with Crippen LogP contribution >= 0.6 is 0 Å². The molecule has 2 aliphatic carbocycles. The minimum Gasteiger partial charge on any atom is -0.0741 e. The highest BCUT2D eigenvalue weighted by Crippen LogP contribution is 2.40. The highest BCUT2D eigenvalue weighted by molar-refractivity contribution is 5.19. The Morgan fingerprint density at radius 1 is 1.22 bits per heavy atom. The largest absolute Gasteiger partial charge is 0.0741 e. The molecule has 0 saturated heterocycles. The van der Waals surface area contributed by atoms with E-state index in [2.05, 4.69) is 6.92 Å². The van der Waals surface area contributed by atoms with Gasteiger partial charge in [0.05, 0.1) is 0 Å². The van der Waals surface area contributed by atoms with E-state index in [1.165, 1.54) is 32.1 Å². The lowest BCUT2D eigenvalue weighted by atomic mass is 9.91. The van der Waals surface area contributed by atoms with Crippen molar-refractivity contribution in [3.8, 4) is 0 Å². The fourth-order valence-corrected chi connectivity index (χ4v) is 2.16. The van der Waals surface area contributed by atoms with Gasteiger partial charge in [-0.25, -0.2) is 0 Å². The molecule has 0 nitrogen and oxygen atoms in total. The summed E-state index contributed by atoms with van der Waals surface area (Å²) in [5.74, 6) is 1.09. The Labute approximate surface area is 57.0 Å². The van der Waals surface area contributed by atoms with Gasteiger partial charge in [-0.05, 0) is 44.9 Å². The van der Waals surface area contributed by atoms with E-state index in [9.17, 15) is 0 Å². The number of allylic oxidation sites excluding steroid dienone is 2. The lowest BCUT2D eigenvalue weighted by Gasteiger charge is -2.14. The molecule has 2 aliphatic rings. The summed E-state index contributed by atoms with van der Waals surface area (Å²) >= 11 is 0. The Kier molecular flexibility index (Phi) is 1.14. The number of hydrogen-bond acceptors (Lipinski definition) is 0. The molecule has 0 spiro atoms. The van der Waals surface area contributed by atoms with E-state index in [4.69, 9.17) is 0 Å². The zero-order valence-electron chi connectivity index (χ0n) is 6.11. The zero-order chi connectivity index (χ0) is 6.27. The molecule has 1 atom stereocenters. The van der Waals surface area contributed by atoms with E-state index < -0.39 is 0 Å². The molecule has 0 amide bonds. The van der Waals surface area contributed by atoms with Crippen LogP contribution < -0.4 is 0 Å². The van der Waals surface area contributed by atoms with Crippen LogP contribution in [0.2, 0.25) is 0 Å². The molecule has 0 aromatic carbocycles. The third-order valence-corrected chi connectivity index (χ3v) is 2.92. The Balaban J connectivity index is 2.28. The summed E-state index contributed by atoms with van der Waals surface area (Å²) in [4.78, 5) is 0. The quantitative estimate of drug-likeness (QED) is 0.433. The van der Waals surface area contributed by atoms with E-state index in [0.29, 0.717) is 0 Å². The van der Waals surface area contributed by atoms with E-state index in [0.717, 1.165) is 5.92 Å². The van der Waals surface area contributed by atoms with Crippen molar-refractivity contribution in [1.29, 1.82) is 0 Å². The Morgan fingerprint density at radius 2 is 2.00 bits per heavy atom. The van der Waals surface area contributed by atoms with Crippen LogP contribution in [0, 0.1) is 5.92 Å². The molecule has 0 heteroatoms. The molecular formula is C9H14. The summed E-state index contributed by atoms with van der Waals surface area (Å²) in [5, 5.41) is 0. The van der Waals surface area contributed by atoms with E-state index in [-0.39, 0.29) is 0 Å². The van der Waals surface area contributed by atoms with Crippen molar-refractivity contribution in [2.45, 2.75) is 39.0 Å². The summed E-state index contributed by atoms with van der Waals surface area (Å²) < 4.78 is 0. The van der Waals surface area contributed by atoms with Crippen molar-refractivity contribution in [1.82, 2.24) is 0 Å². The third-order valence-electron chi connectivity index (χ3n) is 2.92. The zero-order valence-corrected chi connectivity index (χ0v) is 6.11. The maximum absolute atomic E-state index is 2.32. The Bertz CT molecular complexity index is 153. The van der Waals surface area contributed by atoms with Crippen molar-refractivity contribution < 1.29 is 0 Å². The minimum absolute atomic E-state index is 1.09. The van der Waals surface area contributed by atoms with Crippen LogP contribution in [-0.4, -0.2) is 0 Å². The SMILES string of the molecule is CC1=C2CCC(CC1)C2. The average Bonchev–Trinajstić information content (AvgIpc) is 2.25. The molecule has 9 heavy (non-hydrogen) atoms. The second-order valence-electron chi connectivity index (χ2n) is 3.53. The van der Waals surface area contributed by atoms with Crippen LogP contribution in [0.5, 0.6) is 0 Å². The highest BCUT2D eigenvalue weighted by Gasteiger charge is 2.24. The molecule has 0 aromatic rings. The van der Waals surface area contributed by atoms with Gasteiger partial charge < -0.3 is 0 Å². The summed E-state index contributed by atoms with van der Waals surface area (Å²) in [6.45, 7) is 2.32. The first-order valence-corrected chi connectivity index (χ1v) is 4.04. The molecule has 0 aromatic heterocycles. The summed E-state index contributed by atoms with van der Waals surface area (Å²) in [7, 11) is 0. The molecule has 0 radical (unpaired) electrons. The number of rotatable bonds is 0. The predicted octanol–water partition coefficient (Wildman–Crippen LogP) is 2.90. The fraction of sp³-hybridized carbons (Fsp3) is 0.778.